The van der Waals surface area contributed by atoms with E-state index in [2.05, 4.69) is 122 Å². The van der Waals surface area contributed by atoms with Crippen LogP contribution >= 0.6 is 158 Å². The van der Waals surface area contributed by atoms with Gasteiger partial charge in [-0.25, -0.2) is 0 Å². The van der Waals surface area contributed by atoms with Crippen molar-refractivity contribution in [1.29, 1.82) is 0 Å². The van der Waals surface area contributed by atoms with Crippen molar-refractivity contribution >= 4 is 158 Å². The summed E-state index contributed by atoms with van der Waals surface area (Å²) in [4.78, 5) is 0. The van der Waals surface area contributed by atoms with Crippen LogP contribution in [0.25, 0.3) is 22.3 Å². The normalized spacial score (nSPS) is 12.0. The molecule has 15 heteroatoms. The monoisotopic (exact) mass is 1380 g/mol. The summed E-state index contributed by atoms with van der Waals surface area (Å²) in [7, 11) is 0. The van der Waals surface area contributed by atoms with Crippen LogP contribution in [0.15, 0.2) is 48.5 Å². The third kappa shape index (κ3) is 9.20. The fourth-order valence-electron chi connectivity index (χ4n) is 4.12. The summed E-state index contributed by atoms with van der Waals surface area (Å²) in [5, 5.41) is 0. The van der Waals surface area contributed by atoms with Crippen LogP contribution in [0.1, 0.15) is 16.7 Å². The lowest BCUT2D eigenvalue weighted by Crippen LogP contribution is -2.18. The van der Waals surface area contributed by atoms with Crippen molar-refractivity contribution in [3.63, 3.8) is 0 Å². The Morgan fingerprint density at radius 2 is 0.907 bits per heavy atom. The van der Waals surface area contributed by atoms with Gasteiger partial charge in [-0.3, -0.25) is 0 Å². The fourth-order valence-corrected chi connectivity index (χ4v) is 10.5. The van der Waals surface area contributed by atoms with Gasteiger partial charge in [0.05, 0.1) is 3.57 Å². The molecular weight excluding hydrogens is 1370 g/mol. The summed E-state index contributed by atoms with van der Waals surface area (Å²) >= 11 is 15.1. The maximum absolute atomic E-state index is 12.8. The minimum absolute atomic E-state index is 0.218. The zero-order chi connectivity index (χ0) is 32.0. The van der Waals surface area contributed by atoms with Gasteiger partial charge in [0.25, 0.3) is 0 Å². The molecule has 0 aliphatic rings. The molecule has 228 valence electrons. The lowest BCUT2D eigenvalue weighted by molar-refractivity contribution is -0.275. The van der Waals surface area contributed by atoms with Gasteiger partial charge in [-0.15, -0.1) is 26.3 Å². The average Bonchev–Trinajstić information content (AvgIpc) is 2.87. The van der Waals surface area contributed by atoms with E-state index in [1.165, 1.54) is 12.1 Å². The molecule has 4 rings (SSSR count). The van der Waals surface area contributed by atoms with Crippen LogP contribution in [0.4, 0.5) is 26.3 Å². The van der Waals surface area contributed by atoms with Crippen molar-refractivity contribution in [2.75, 3.05) is 0 Å². The molecule has 0 aliphatic heterocycles. The van der Waals surface area contributed by atoms with Gasteiger partial charge in [0.1, 0.15) is 11.5 Å². The first kappa shape index (κ1) is 37.0. The Hall–Kier alpha value is 1.17. The van der Waals surface area contributed by atoms with Crippen LogP contribution in [0.2, 0.25) is 0 Å². The molecule has 0 spiro atoms. The molecular formula is C28H13F6I7O2. The largest absolute Gasteiger partial charge is 0.573 e. The Morgan fingerprint density at radius 1 is 0.535 bits per heavy atom. The first-order valence-electron chi connectivity index (χ1n) is 11.6. The number of rotatable bonds is 6. The van der Waals surface area contributed by atoms with Gasteiger partial charge < -0.3 is 9.47 Å². The van der Waals surface area contributed by atoms with E-state index in [0.717, 1.165) is 47.7 Å². The molecule has 43 heavy (non-hydrogen) atoms. The second-order valence-corrected chi connectivity index (χ2v) is 16.8. The maximum Gasteiger partial charge on any atom is 0.573 e. The zero-order valence-corrected chi connectivity index (χ0v) is 36.2. The van der Waals surface area contributed by atoms with E-state index in [-0.39, 0.29) is 11.5 Å². The van der Waals surface area contributed by atoms with Gasteiger partial charge in [0.15, 0.2) is 0 Å². The van der Waals surface area contributed by atoms with Crippen LogP contribution in [-0.4, -0.2) is 12.7 Å². The molecule has 4 aromatic carbocycles. The highest BCUT2D eigenvalue weighted by atomic mass is 127. The topological polar surface area (TPSA) is 18.5 Å². The molecule has 0 saturated carbocycles. The van der Waals surface area contributed by atoms with Gasteiger partial charge >= 0.3 is 12.7 Å². The lowest BCUT2D eigenvalue weighted by atomic mass is 9.97. The van der Waals surface area contributed by atoms with E-state index in [1.807, 2.05) is 69.4 Å². The van der Waals surface area contributed by atoms with E-state index in [9.17, 15) is 26.3 Å². The van der Waals surface area contributed by atoms with Crippen LogP contribution in [-0.2, 0) is 6.42 Å². The van der Waals surface area contributed by atoms with Gasteiger partial charge in [-0.2, -0.15) is 0 Å². The molecule has 0 amide bonds. The average molecular weight is 1380 g/mol. The zero-order valence-electron chi connectivity index (χ0n) is 21.1. The molecule has 0 radical (unpaired) electrons. The third-order valence-electron chi connectivity index (χ3n) is 6.09. The fraction of sp³-hybridized carbons (Fsp3) is 0.143. The lowest BCUT2D eigenvalue weighted by Gasteiger charge is -2.18. The summed E-state index contributed by atoms with van der Waals surface area (Å²) in [6, 6.07) is 14.1. The Labute approximate surface area is 338 Å². The number of hydrogen-bond donors (Lipinski definition) is 0. The van der Waals surface area contributed by atoms with Crippen LogP contribution in [0.3, 0.4) is 0 Å². The molecule has 0 atom stereocenters. The number of ether oxygens (including phenoxy) is 2. The number of halogens is 13. The predicted octanol–water partition coefficient (Wildman–Crippen LogP) is 12.9. The third-order valence-corrected chi connectivity index (χ3v) is 14.6. The standard InChI is InChI=1S/C28H13F6I7O2/c1-11-22(42-27(29,30)31)4-2-14(24(11)39)12-6-18(35)16(19(36)7-12)10-17-20(37)8-13(9-21(17)38)15-3-5-23(26(41)25(15)40)43-28(32,33)34/h2-9H,10H2,1H3. The predicted molar refractivity (Wildman–Crippen MR) is 214 cm³/mol. The maximum atomic E-state index is 12.8. The van der Waals surface area contributed by atoms with E-state index < -0.39 is 12.7 Å². The Bertz CT molecular complexity index is 1550. The summed E-state index contributed by atoms with van der Waals surface area (Å²) in [6.07, 6.45) is -8.88. The molecule has 0 aromatic heterocycles. The molecule has 0 saturated heterocycles. The van der Waals surface area contributed by atoms with Crippen molar-refractivity contribution in [3.8, 4) is 33.8 Å². The second kappa shape index (κ2) is 14.7. The van der Waals surface area contributed by atoms with Crippen molar-refractivity contribution in [2.24, 2.45) is 0 Å². The van der Waals surface area contributed by atoms with E-state index >= 15 is 0 Å². The van der Waals surface area contributed by atoms with E-state index in [0.29, 0.717) is 22.7 Å². The minimum Gasteiger partial charge on any atom is -0.405 e. The van der Waals surface area contributed by atoms with Crippen molar-refractivity contribution in [3.05, 3.63) is 90.2 Å². The van der Waals surface area contributed by atoms with Crippen LogP contribution in [0, 0.1) is 31.9 Å². The van der Waals surface area contributed by atoms with Crippen molar-refractivity contribution in [1.82, 2.24) is 0 Å². The first-order valence-corrected chi connectivity index (χ1v) is 19.2. The van der Waals surface area contributed by atoms with Gasteiger partial charge in [0, 0.05) is 33.4 Å². The highest BCUT2D eigenvalue weighted by molar-refractivity contribution is 14.1. The molecule has 0 unspecified atom stereocenters. The summed E-state index contributed by atoms with van der Waals surface area (Å²) in [5.41, 5.74) is 6.07. The first-order chi connectivity index (χ1) is 19.9. The number of hydrogen-bond acceptors (Lipinski definition) is 2. The van der Waals surface area contributed by atoms with Crippen molar-refractivity contribution in [2.45, 2.75) is 26.1 Å². The van der Waals surface area contributed by atoms with Crippen LogP contribution in [0.5, 0.6) is 11.5 Å². The minimum atomic E-state index is -4.77. The quantitative estimate of drug-likeness (QED) is 0.141. The Balaban J connectivity index is 1.66. The number of benzene rings is 4. The van der Waals surface area contributed by atoms with Crippen molar-refractivity contribution < 1.29 is 35.8 Å². The van der Waals surface area contributed by atoms with Gasteiger partial charge in [0.2, 0.25) is 0 Å². The summed E-state index contributed by atoms with van der Waals surface area (Å²) in [5.74, 6) is -0.450. The molecule has 0 N–H and O–H groups in total. The number of alkyl halides is 6. The SMILES string of the molecule is Cc1c(OC(F)(F)F)ccc(-c2cc(I)c(Cc3c(I)cc(-c4ccc(OC(F)(F)F)c(I)c4I)cc3I)c(I)c2)c1I. The van der Waals surface area contributed by atoms with Crippen LogP contribution < -0.4 is 9.47 Å². The molecule has 0 aliphatic carbocycles. The molecule has 0 heterocycles. The van der Waals surface area contributed by atoms with Gasteiger partial charge in [-0.1, -0.05) is 0 Å². The smallest absolute Gasteiger partial charge is 0.405 e. The Kier molecular flexibility index (Phi) is 12.7. The highest BCUT2D eigenvalue weighted by Gasteiger charge is 2.33. The summed E-state index contributed by atoms with van der Waals surface area (Å²) in [6.45, 7) is 1.61. The molecule has 2 nitrogen and oxygen atoms in total. The van der Waals surface area contributed by atoms with E-state index in [4.69, 9.17) is 0 Å². The van der Waals surface area contributed by atoms with Gasteiger partial charge in [-0.05, 0) is 247 Å². The molecule has 4 aromatic rings. The summed E-state index contributed by atoms with van der Waals surface area (Å²) < 4.78 is 90.9. The molecule has 0 bridgehead atoms. The highest BCUT2D eigenvalue weighted by Crippen LogP contribution is 2.40. The molecule has 0 fully saturated rings. The second-order valence-electron chi connectivity index (χ2n) is 8.90. The van der Waals surface area contributed by atoms with E-state index in [1.54, 1.807) is 19.1 Å². The Morgan fingerprint density at radius 3 is 1.33 bits per heavy atom.